The molecule has 6 heteroatoms. The van der Waals surface area contributed by atoms with Crippen molar-refractivity contribution < 1.29 is 10.2 Å². The fraction of sp³-hybridized carbons (Fsp3) is 0.333. The Balaban J connectivity index is 0.00000264. The van der Waals surface area contributed by atoms with Crippen LogP contribution >= 0.6 is 15.8 Å². The van der Waals surface area contributed by atoms with Gasteiger partial charge in [0, 0.05) is 30.0 Å². The molecular weight excluding hydrogens is 332 g/mol. The number of aliphatic hydroxyl groups excluding tert-OH is 2. The van der Waals surface area contributed by atoms with Gasteiger partial charge in [-0.15, -0.1) is 0 Å². The zero-order valence-electron chi connectivity index (χ0n) is 14.0. The lowest BCUT2D eigenvalue weighted by atomic mass is 10.4. The molecule has 0 aliphatic carbocycles. The first-order chi connectivity index (χ1) is 10.8. The van der Waals surface area contributed by atoms with Crippen LogP contribution in [0.2, 0.25) is 0 Å². The maximum absolute atomic E-state index is 9.37. The predicted octanol–water partition coefficient (Wildman–Crippen LogP) is 1.82. The number of benzene rings is 2. The van der Waals surface area contributed by atoms with Crippen LogP contribution in [-0.4, -0.2) is 64.9 Å². The standard InChI is InChI=1S/C18H24O2P2.2B/c19-11-13-21(17-7-3-1-4-8-17)15-16-22(14-12-20)18-9-5-2-6-10-18;;/h1-10,19-20H,11-16H2;;/t21-,22-;;/m0../s1. The third-order valence-corrected chi connectivity index (χ3v) is 9.04. The molecule has 0 heterocycles. The van der Waals surface area contributed by atoms with Gasteiger partial charge in [0.1, 0.15) is 0 Å². The van der Waals surface area contributed by atoms with Gasteiger partial charge in [-0.05, 0) is 35.3 Å². The maximum atomic E-state index is 9.37. The minimum atomic E-state index is -0.305. The molecule has 2 atom stereocenters. The molecule has 0 unspecified atom stereocenters. The van der Waals surface area contributed by atoms with Gasteiger partial charge in [0.15, 0.2) is 0 Å². The summed E-state index contributed by atoms with van der Waals surface area (Å²) in [4.78, 5) is 0. The second-order valence-corrected chi connectivity index (χ2v) is 10.1. The Kier molecular flexibility index (Phi) is 13.3. The fourth-order valence-electron chi connectivity index (χ4n) is 2.50. The van der Waals surface area contributed by atoms with Crippen molar-refractivity contribution >= 4 is 43.3 Å². The van der Waals surface area contributed by atoms with Crippen LogP contribution in [0.15, 0.2) is 60.7 Å². The summed E-state index contributed by atoms with van der Waals surface area (Å²) in [5.74, 6) is 0. The van der Waals surface area contributed by atoms with E-state index in [9.17, 15) is 10.2 Å². The molecule has 0 amide bonds. The molecule has 2 N–H and O–H groups in total. The lowest BCUT2D eigenvalue weighted by Gasteiger charge is -2.22. The van der Waals surface area contributed by atoms with Gasteiger partial charge >= 0.3 is 0 Å². The fourth-order valence-corrected chi connectivity index (χ4v) is 7.58. The van der Waals surface area contributed by atoms with Crippen molar-refractivity contribution in [3.63, 3.8) is 0 Å². The van der Waals surface area contributed by atoms with Crippen LogP contribution in [0.4, 0.5) is 0 Å². The first-order valence-corrected chi connectivity index (χ1v) is 11.1. The van der Waals surface area contributed by atoms with E-state index in [1.54, 1.807) is 0 Å². The molecule has 0 spiro atoms. The molecule has 24 heavy (non-hydrogen) atoms. The highest BCUT2D eigenvalue weighted by Crippen LogP contribution is 2.41. The topological polar surface area (TPSA) is 40.5 Å². The first kappa shape index (κ1) is 23.3. The highest BCUT2D eigenvalue weighted by atomic mass is 31.1. The van der Waals surface area contributed by atoms with Crippen molar-refractivity contribution in [1.29, 1.82) is 0 Å². The summed E-state index contributed by atoms with van der Waals surface area (Å²) in [7, 11) is -0.610. The highest BCUT2D eigenvalue weighted by Gasteiger charge is 2.15. The zero-order valence-corrected chi connectivity index (χ0v) is 15.7. The van der Waals surface area contributed by atoms with Crippen molar-refractivity contribution in [1.82, 2.24) is 0 Å². The molecule has 0 aliphatic heterocycles. The largest absolute Gasteiger partial charge is 0.396 e. The lowest BCUT2D eigenvalue weighted by molar-refractivity contribution is 0.321. The number of hydrogen-bond donors (Lipinski definition) is 2. The SMILES string of the molecule is OCC[P@@](CC[P@](CCO)c1ccccc1)c1ccccc1.[B].[B]. The van der Waals surface area contributed by atoms with Gasteiger partial charge in [-0.2, -0.15) is 0 Å². The third-order valence-electron chi connectivity index (χ3n) is 3.62. The van der Waals surface area contributed by atoms with Crippen LogP contribution in [0.1, 0.15) is 0 Å². The predicted molar refractivity (Wildman–Crippen MR) is 111 cm³/mol. The number of rotatable bonds is 9. The molecule has 124 valence electrons. The Hall–Kier alpha value is -0.650. The zero-order chi connectivity index (χ0) is 15.6. The minimum Gasteiger partial charge on any atom is -0.396 e. The maximum Gasteiger partial charge on any atom is 0.0473 e. The van der Waals surface area contributed by atoms with Crippen molar-refractivity contribution in [2.45, 2.75) is 0 Å². The smallest absolute Gasteiger partial charge is 0.0473 e. The van der Waals surface area contributed by atoms with Crippen LogP contribution in [-0.2, 0) is 0 Å². The van der Waals surface area contributed by atoms with E-state index in [4.69, 9.17) is 0 Å². The Labute approximate surface area is 152 Å². The van der Waals surface area contributed by atoms with E-state index in [0.29, 0.717) is 0 Å². The normalized spacial score (nSPS) is 12.6. The molecule has 6 radical (unpaired) electrons. The van der Waals surface area contributed by atoms with Gasteiger partial charge in [-0.3, -0.25) is 0 Å². The van der Waals surface area contributed by atoms with E-state index in [1.807, 2.05) is 12.1 Å². The van der Waals surface area contributed by atoms with Crippen molar-refractivity contribution in [3.8, 4) is 0 Å². The summed E-state index contributed by atoms with van der Waals surface area (Å²) in [6.45, 7) is 0.508. The van der Waals surface area contributed by atoms with Gasteiger partial charge in [-0.1, -0.05) is 76.5 Å². The minimum absolute atomic E-state index is 0. The summed E-state index contributed by atoms with van der Waals surface area (Å²) >= 11 is 0. The number of hydrogen-bond acceptors (Lipinski definition) is 2. The molecule has 2 nitrogen and oxygen atoms in total. The molecule has 0 saturated heterocycles. The molecule has 2 aromatic carbocycles. The van der Waals surface area contributed by atoms with Crippen molar-refractivity contribution in [2.75, 3.05) is 37.9 Å². The van der Waals surface area contributed by atoms with Crippen molar-refractivity contribution in [3.05, 3.63) is 60.7 Å². The average Bonchev–Trinajstić information content (AvgIpc) is 2.59. The van der Waals surface area contributed by atoms with Gasteiger partial charge in [-0.25, -0.2) is 0 Å². The van der Waals surface area contributed by atoms with Gasteiger partial charge in [0.2, 0.25) is 0 Å². The average molecular weight is 356 g/mol. The highest BCUT2D eigenvalue weighted by molar-refractivity contribution is 7.69. The Morgan fingerprint density at radius 1 is 0.542 bits per heavy atom. The molecule has 2 rings (SSSR count). The summed E-state index contributed by atoms with van der Waals surface area (Å²) < 4.78 is 0. The van der Waals surface area contributed by atoms with Gasteiger partial charge < -0.3 is 10.2 Å². The number of aliphatic hydroxyl groups is 2. The molecule has 0 fully saturated rings. The molecule has 0 aromatic heterocycles. The summed E-state index contributed by atoms with van der Waals surface area (Å²) in [5.41, 5.74) is 0. The molecule has 0 aliphatic rings. The second kappa shape index (κ2) is 13.6. The van der Waals surface area contributed by atoms with Gasteiger partial charge in [0.05, 0.1) is 0 Å². The summed E-state index contributed by atoms with van der Waals surface area (Å²) in [5, 5.41) is 21.5. The van der Waals surface area contributed by atoms with Crippen LogP contribution in [0.3, 0.4) is 0 Å². The van der Waals surface area contributed by atoms with Crippen LogP contribution < -0.4 is 10.6 Å². The van der Waals surface area contributed by atoms with E-state index in [1.165, 1.54) is 10.6 Å². The van der Waals surface area contributed by atoms with E-state index < -0.39 is 0 Å². The Morgan fingerprint density at radius 2 is 0.875 bits per heavy atom. The molecule has 0 bridgehead atoms. The Bertz CT molecular complexity index is 480. The summed E-state index contributed by atoms with van der Waals surface area (Å²) in [6.07, 6.45) is 3.99. The second-order valence-electron chi connectivity index (χ2n) is 5.09. The van der Waals surface area contributed by atoms with Crippen LogP contribution in [0, 0.1) is 0 Å². The monoisotopic (exact) mass is 356 g/mol. The molecular formula is C18H24B2O2P2. The Morgan fingerprint density at radius 3 is 1.17 bits per heavy atom. The van der Waals surface area contributed by atoms with Crippen LogP contribution in [0.25, 0.3) is 0 Å². The summed E-state index contributed by atoms with van der Waals surface area (Å²) in [6, 6.07) is 21.1. The molecule has 0 saturated carbocycles. The molecule has 2 aromatic rings. The van der Waals surface area contributed by atoms with E-state index in [2.05, 4.69) is 48.5 Å². The van der Waals surface area contributed by atoms with E-state index in [0.717, 1.165) is 24.6 Å². The lowest BCUT2D eigenvalue weighted by Crippen LogP contribution is -2.14. The van der Waals surface area contributed by atoms with Crippen molar-refractivity contribution in [2.24, 2.45) is 0 Å². The first-order valence-electron chi connectivity index (χ1n) is 7.67. The van der Waals surface area contributed by atoms with Crippen LogP contribution in [0.5, 0.6) is 0 Å². The quantitative estimate of drug-likeness (QED) is 0.532. The van der Waals surface area contributed by atoms with Gasteiger partial charge in [0.25, 0.3) is 0 Å². The van der Waals surface area contributed by atoms with E-state index in [-0.39, 0.29) is 45.9 Å². The third kappa shape index (κ3) is 7.49. The van der Waals surface area contributed by atoms with E-state index >= 15 is 0 Å².